The molecule has 2 aromatic rings. The highest BCUT2D eigenvalue weighted by molar-refractivity contribution is 7.91. The molecule has 2 aliphatic heterocycles. The Hall–Kier alpha value is -2.38. The summed E-state index contributed by atoms with van der Waals surface area (Å²) in [5, 5.41) is 0. The zero-order valence-corrected chi connectivity index (χ0v) is 17.7. The first-order valence-electron chi connectivity index (χ1n) is 10.4. The largest absolute Gasteiger partial charge is 0.489 e. The van der Waals surface area contributed by atoms with Crippen molar-refractivity contribution in [3.63, 3.8) is 0 Å². The molecule has 0 unspecified atom stereocenters. The smallest absolute Gasteiger partial charge is 0.254 e. The molecule has 2 atom stereocenters. The zero-order valence-electron chi connectivity index (χ0n) is 16.9. The van der Waals surface area contributed by atoms with Crippen molar-refractivity contribution in [3.05, 3.63) is 65.7 Å². The van der Waals surface area contributed by atoms with Gasteiger partial charge in [-0.1, -0.05) is 36.4 Å². The van der Waals surface area contributed by atoms with E-state index < -0.39 is 9.84 Å². The van der Waals surface area contributed by atoms with Crippen molar-refractivity contribution in [2.45, 2.75) is 38.0 Å². The first-order chi connectivity index (χ1) is 14.5. The van der Waals surface area contributed by atoms with Gasteiger partial charge in [0.25, 0.3) is 5.91 Å². The monoisotopic (exact) mass is 429 g/mol. The lowest BCUT2D eigenvalue weighted by Crippen LogP contribution is -2.45. The topological polar surface area (TPSA) is 72.9 Å². The number of ether oxygens (including phenoxy) is 2. The van der Waals surface area contributed by atoms with Gasteiger partial charge < -0.3 is 14.4 Å². The van der Waals surface area contributed by atoms with Gasteiger partial charge in [0.2, 0.25) is 0 Å². The summed E-state index contributed by atoms with van der Waals surface area (Å²) in [6.45, 7) is 1.38. The van der Waals surface area contributed by atoms with E-state index in [1.165, 1.54) is 0 Å². The van der Waals surface area contributed by atoms with E-state index in [-0.39, 0.29) is 36.2 Å². The average Bonchev–Trinajstić information content (AvgIpc) is 3.40. The normalized spacial score (nSPS) is 22.7. The average molecular weight is 430 g/mol. The molecule has 160 valence electrons. The Labute approximate surface area is 177 Å². The number of amides is 1. The number of para-hydroxylation sites is 1. The van der Waals surface area contributed by atoms with Gasteiger partial charge in [-0.3, -0.25) is 4.79 Å². The van der Waals surface area contributed by atoms with Crippen LogP contribution >= 0.6 is 0 Å². The Morgan fingerprint density at radius 2 is 1.83 bits per heavy atom. The molecule has 0 saturated carbocycles. The van der Waals surface area contributed by atoms with Gasteiger partial charge in [-0.2, -0.15) is 0 Å². The van der Waals surface area contributed by atoms with Gasteiger partial charge in [-0.25, -0.2) is 8.42 Å². The van der Waals surface area contributed by atoms with Crippen LogP contribution in [0.5, 0.6) is 5.75 Å². The molecule has 2 aliphatic rings. The summed E-state index contributed by atoms with van der Waals surface area (Å²) in [5.41, 5.74) is 1.33. The van der Waals surface area contributed by atoms with E-state index >= 15 is 0 Å². The number of carbonyl (C=O) groups excluding carboxylic acids is 1. The molecular weight excluding hydrogens is 402 g/mol. The van der Waals surface area contributed by atoms with Crippen LogP contribution in [0.1, 0.15) is 35.2 Å². The second-order valence-corrected chi connectivity index (χ2v) is 10.1. The Morgan fingerprint density at radius 3 is 2.53 bits per heavy atom. The Balaban J connectivity index is 1.56. The fourth-order valence-electron chi connectivity index (χ4n) is 4.11. The van der Waals surface area contributed by atoms with E-state index in [4.69, 9.17) is 9.47 Å². The molecule has 30 heavy (non-hydrogen) atoms. The van der Waals surface area contributed by atoms with Gasteiger partial charge in [0.1, 0.15) is 12.4 Å². The van der Waals surface area contributed by atoms with E-state index in [2.05, 4.69) is 0 Å². The number of sulfone groups is 1. The van der Waals surface area contributed by atoms with E-state index in [1.807, 2.05) is 48.5 Å². The lowest BCUT2D eigenvalue weighted by Gasteiger charge is -2.31. The van der Waals surface area contributed by atoms with E-state index in [9.17, 15) is 13.2 Å². The van der Waals surface area contributed by atoms with Crippen LogP contribution in [0.25, 0.3) is 0 Å². The van der Waals surface area contributed by atoms with Crippen LogP contribution in [-0.4, -0.2) is 56.0 Å². The number of carbonyl (C=O) groups is 1. The summed E-state index contributed by atoms with van der Waals surface area (Å²) >= 11 is 0. The summed E-state index contributed by atoms with van der Waals surface area (Å²) in [6, 6.07) is 16.5. The lowest BCUT2D eigenvalue weighted by molar-refractivity contribution is 0.0439. The van der Waals surface area contributed by atoms with Crippen molar-refractivity contribution in [2.75, 3.05) is 24.7 Å². The minimum atomic E-state index is -3.11. The first kappa shape index (κ1) is 20.9. The molecule has 0 aromatic heterocycles. The second kappa shape index (κ2) is 9.18. The van der Waals surface area contributed by atoms with Crippen molar-refractivity contribution in [1.29, 1.82) is 0 Å². The Bertz CT molecular complexity index is 970. The third kappa shape index (κ3) is 5.02. The minimum Gasteiger partial charge on any atom is -0.489 e. The van der Waals surface area contributed by atoms with Crippen LogP contribution in [0.4, 0.5) is 0 Å². The molecule has 6 nitrogen and oxygen atoms in total. The molecule has 2 fully saturated rings. The highest BCUT2D eigenvalue weighted by Gasteiger charge is 2.37. The molecule has 0 aliphatic carbocycles. The third-order valence-corrected chi connectivity index (χ3v) is 7.47. The van der Waals surface area contributed by atoms with Gasteiger partial charge in [-0.15, -0.1) is 0 Å². The van der Waals surface area contributed by atoms with Crippen LogP contribution in [0, 0.1) is 0 Å². The fourth-order valence-corrected chi connectivity index (χ4v) is 5.84. The molecule has 0 spiro atoms. The Morgan fingerprint density at radius 1 is 1.07 bits per heavy atom. The number of rotatable bonds is 7. The lowest BCUT2D eigenvalue weighted by atomic mass is 10.0. The predicted octanol–water partition coefficient (Wildman–Crippen LogP) is 3.07. The van der Waals surface area contributed by atoms with Gasteiger partial charge in [-0.05, 0) is 37.5 Å². The maximum atomic E-state index is 13.6. The number of hydrogen-bond donors (Lipinski definition) is 0. The van der Waals surface area contributed by atoms with Gasteiger partial charge in [0.15, 0.2) is 9.84 Å². The summed E-state index contributed by atoms with van der Waals surface area (Å²) < 4.78 is 35.8. The zero-order chi connectivity index (χ0) is 21.0. The molecular formula is C23H27NO5S. The summed E-state index contributed by atoms with van der Waals surface area (Å²) in [7, 11) is -3.11. The molecule has 2 heterocycles. The van der Waals surface area contributed by atoms with Gasteiger partial charge in [0, 0.05) is 30.3 Å². The molecule has 0 radical (unpaired) electrons. The van der Waals surface area contributed by atoms with Crippen LogP contribution in [-0.2, 0) is 21.2 Å². The molecule has 4 rings (SSSR count). The highest BCUT2D eigenvalue weighted by Crippen LogP contribution is 2.25. The van der Waals surface area contributed by atoms with Crippen LogP contribution in [0.15, 0.2) is 54.6 Å². The summed E-state index contributed by atoms with van der Waals surface area (Å²) in [4.78, 5) is 15.3. The molecule has 2 aromatic carbocycles. The van der Waals surface area contributed by atoms with Crippen LogP contribution in [0.3, 0.4) is 0 Å². The second-order valence-electron chi connectivity index (χ2n) is 7.91. The number of hydrogen-bond acceptors (Lipinski definition) is 5. The SMILES string of the molecule is O=C(c1ccccc1COc1ccccc1)N(C[C@H]1CCCO1)[C@H]1CCS(=O)(=O)C1. The standard InChI is InChI=1S/C23H27NO5S/c25-23(22-11-5-4-7-18(22)16-29-20-8-2-1-3-9-20)24(15-21-10-6-13-28-21)19-12-14-30(26,27)17-19/h1-5,7-9,11,19,21H,6,10,12-17H2/t19-,21+/m0/s1. The molecule has 0 bridgehead atoms. The quantitative estimate of drug-likeness (QED) is 0.676. The van der Waals surface area contributed by atoms with Crippen LogP contribution in [0.2, 0.25) is 0 Å². The van der Waals surface area contributed by atoms with Gasteiger partial charge >= 0.3 is 0 Å². The molecule has 1 amide bonds. The minimum absolute atomic E-state index is 0.0220. The van der Waals surface area contributed by atoms with Gasteiger partial charge in [0.05, 0.1) is 17.6 Å². The van der Waals surface area contributed by atoms with Crippen molar-refractivity contribution in [1.82, 2.24) is 4.90 Å². The fraction of sp³-hybridized carbons (Fsp3) is 0.435. The first-order valence-corrected chi connectivity index (χ1v) is 12.2. The third-order valence-electron chi connectivity index (χ3n) is 5.72. The predicted molar refractivity (Wildman–Crippen MR) is 114 cm³/mol. The van der Waals surface area contributed by atoms with E-state index in [0.29, 0.717) is 25.1 Å². The van der Waals surface area contributed by atoms with Crippen molar-refractivity contribution in [2.24, 2.45) is 0 Å². The summed E-state index contributed by atoms with van der Waals surface area (Å²) in [6.07, 6.45) is 2.30. The Kier molecular flexibility index (Phi) is 6.39. The molecule has 0 N–H and O–H groups in total. The van der Waals surface area contributed by atoms with E-state index in [1.54, 1.807) is 11.0 Å². The highest BCUT2D eigenvalue weighted by atomic mass is 32.2. The summed E-state index contributed by atoms with van der Waals surface area (Å²) in [5.74, 6) is 0.734. The number of benzene rings is 2. The maximum Gasteiger partial charge on any atom is 0.254 e. The van der Waals surface area contributed by atoms with E-state index in [0.717, 1.165) is 24.2 Å². The maximum absolute atomic E-state index is 13.6. The molecule has 7 heteroatoms. The van der Waals surface area contributed by atoms with Crippen molar-refractivity contribution >= 4 is 15.7 Å². The van der Waals surface area contributed by atoms with Crippen molar-refractivity contribution < 1.29 is 22.7 Å². The van der Waals surface area contributed by atoms with Crippen LogP contribution < -0.4 is 4.74 Å². The number of nitrogens with zero attached hydrogens (tertiary/aromatic N) is 1. The van der Waals surface area contributed by atoms with Crippen molar-refractivity contribution in [3.8, 4) is 5.75 Å². The molecule has 2 saturated heterocycles.